The lowest BCUT2D eigenvalue weighted by molar-refractivity contribution is 0.0951. The number of carbonyl (C=O) groups excluding carboxylic acids is 1. The number of hydrogen-bond acceptors (Lipinski definition) is 4. The topological polar surface area (TPSA) is 64.3 Å². The van der Waals surface area contributed by atoms with Gasteiger partial charge in [-0.2, -0.15) is 0 Å². The van der Waals surface area contributed by atoms with E-state index in [9.17, 15) is 4.79 Å². The fourth-order valence-corrected chi connectivity index (χ4v) is 2.86. The standard InChI is InChI=1S/C14H15ClN2O2S/c1-19-12-8-9(16)2-4-11(12)14(18)17-7-6-10-3-5-13(15)20-10/h2-5,8H,6-7,16H2,1H3,(H,17,18). The van der Waals surface area contributed by atoms with E-state index in [0.717, 1.165) is 15.6 Å². The molecule has 0 aliphatic rings. The van der Waals surface area contributed by atoms with Gasteiger partial charge in [-0.1, -0.05) is 11.6 Å². The van der Waals surface area contributed by atoms with E-state index in [0.29, 0.717) is 23.5 Å². The molecular formula is C14H15ClN2O2S. The number of amides is 1. The third kappa shape index (κ3) is 3.65. The van der Waals surface area contributed by atoms with Gasteiger partial charge in [0.25, 0.3) is 5.91 Å². The van der Waals surface area contributed by atoms with Gasteiger partial charge in [-0.15, -0.1) is 11.3 Å². The van der Waals surface area contributed by atoms with E-state index in [4.69, 9.17) is 22.1 Å². The highest BCUT2D eigenvalue weighted by molar-refractivity contribution is 7.16. The number of halogens is 1. The summed E-state index contributed by atoms with van der Waals surface area (Å²) in [6.07, 6.45) is 0.750. The summed E-state index contributed by atoms with van der Waals surface area (Å²) >= 11 is 7.37. The monoisotopic (exact) mass is 310 g/mol. The van der Waals surface area contributed by atoms with Gasteiger partial charge in [0.2, 0.25) is 0 Å². The molecular weight excluding hydrogens is 296 g/mol. The maximum atomic E-state index is 12.1. The van der Waals surface area contributed by atoms with E-state index >= 15 is 0 Å². The van der Waals surface area contributed by atoms with E-state index in [-0.39, 0.29) is 5.91 Å². The molecule has 20 heavy (non-hydrogen) atoms. The van der Waals surface area contributed by atoms with Crippen LogP contribution >= 0.6 is 22.9 Å². The lowest BCUT2D eigenvalue weighted by Gasteiger charge is -2.09. The van der Waals surface area contributed by atoms with Crippen LogP contribution in [-0.2, 0) is 6.42 Å². The maximum Gasteiger partial charge on any atom is 0.255 e. The van der Waals surface area contributed by atoms with Gasteiger partial charge in [-0.05, 0) is 30.7 Å². The van der Waals surface area contributed by atoms with Crippen LogP contribution in [0.4, 0.5) is 5.69 Å². The Labute approximate surface area is 126 Å². The fraction of sp³-hybridized carbons (Fsp3) is 0.214. The van der Waals surface area contributed by atoms with Crippen LogP contribution in [0.5, 0.6) is 5.75 Å². The van der Waals surface area contributed by atoms with Gasteiger partial charge in [-0.25, -0.2) is 0 Å². The predicted molar refractivity (Wildman–Crippen MR) is 82.8 cm³/mol. The van der Waals surface area contributed by atoms with Crippen molar-refractivity contribution in [3.8, 4) is 5.75 Å². The quantitative estimate of drug-likeness (QED) is 0.835. The van der Waals surface area contributed by atoms with Gasteiger partial charge < -0.3 is 15.8 Å². The lowest BCUT2D eigenvalue weighted by Crippen LogP contribution is -2.26. The molecule has 2 aromatic rings. The van der Waals surface area contributed by atoms with Crippen LogP contribution in [0.25, 0.3) is 0 Å². The highest BCUT2D eigenvalue weighted by atomic mass is 35.5. The SMILES string of the molecule is COc1cc(N)ccc1C(=O)NCCc1ccc(Cl)s1. The molecule has 6 heteroatoms. The molecule has 0 atom stereocenters. The largest absolute Gasteiger partial charge is 0.496 e. The van der Waals surface area contributed by atoms with Crippen molar-refractivity contribution in [3.63, 3.8) is 0 Å². The van der Waals surface area contributed by atoms with Crippen LogP contribution in [0, 0.1) is 0 Å². The number of thiophene rings is 1. The molecule has 0 fully saturated rings. The summed E-state index contributed by atoms with van der Waals surface area (Å²) in [6, 6.07) is 8.78. The van der Waals surface area contributed by atoms with Gasteiger partial charge in [0.05, 0.1) is 17.0 Å². The molecule has 106 valence electrons. The molecule has 0 radical (unpaired) electrons. The van der Waals surface area contributed by atoms with E-state index in [1.54, 1.807) is 18.2 Å². The van der Waals surface area contributed by atoms with Crippen LogP contribution in [0.2, 0.25) is 4.34 Å². The van der Waals surface area contributed by atoms with Crippen molar-refractivity contribution >= 4 is 34.5 Å². The van der Waals surface area contributed by atoms with Gasteiger partial charge in [-0.3, -0.25) is 4.79 Å². The highest BCUT2D eigenvalue weighted by Gasteiger charge is 2.12. The van der Waals surface area contributed by atoms with Crippen molar-refractivity contribution in [2.75, 3.05) is 19.4 Å². The third-order valence-corrected chi connectivity index (χ3v) is 4.05. The van der Waals surface area contributed by atoms with Gasteiger partial charge >= 0.3 is 0 Å². The highest BCUT2D eigenvalue weighted by Crippen LogP contribution is 2.22. The summed E-state index contributed by atoms with van der Waals surface area (Å²) in [6.45, 7) is 0.545. The van der Waals surface area contributed by atoms with Gasteiger partial charge in [0.15, 0.2) is 0 Å². The number of methoxy groups -OCH3 is 1. The first-order valence-corrected chi connectivity index (χ1v) is 7.25. The Morgan fingerprint density at radius 2 is 2.20 bits per heavy atom. The van der Waals surface area contributed by atoms with E-state index in [1.165, 1.54) is 18.4 Å². The smallest absolute Gasteiger partial charge is 0.255 e. The molecule has 3 N–H and O–H groups in total. The summed E-state index contributed by atoms with van der Waals surface area (Å²) in [4.78, 5) is 13.2. The molecule has 0 aliphatic heterocycles. The average molecular weight is 311 g/mol. The van der Waals surface area contributed by atoms with Crippen molar-refractivity contribution in [2.45, 2.75) is 6.42 Å². The van der Waals surface area contributed by atoms with Crippen LogP contribution in [0.1, 0.15) is 15.2 Å². The number of anilines is 1. The van der Waals surface area contributed by atoms with Crippen LogP contribution in [-0.4, -0.2) is 19.6 Å². The second-order valence-corrected chi connectivity index (χ2v) is 5.97. The van der Waals surface area contributed by atoms with Crippen molar-refractivity contribution in [3.05, 3.63) is 45.1 Å². The van der Waals surface area contributed by atoms with E-state index in [1.807, 2.05) is 12.1 Å². The first kappa shape index (κ1) is 14.7. The molecule has 0 unspecified atom stereocenters. The normalized spacial score (nSPS) is 10.3. The Hall–Kier alpha value is -1.72. The Morgan fingerprint density at radius 1 is 1.40 bits per heavy atom. The second kappa shape index (κ2) is 6.63. The van der Waals surface area contributed by atoms with Crippen molar-refractivity contribution < 1.29 is 9.53 Å². The Kier molecular flexibility index (Phi) is 4.87. The number of ether oxygens (including phenoxy) is 1. The maximum absolute atomic E-state index is 12.1. The average Bonchev–Trinajstić information content (AvgIpc) is 2.84. The van der Waals surface area contributed by atoms with Crippen molar-refractivity contribution in [2.24, 2.45) is 0 Å². The van der Waals surface area contributed by atoms with Gasteiger partial charge in [0, 0.05) is 23.2 Å². The zero-order valence-electron chi connectivity index (χ0n) is 11.0. The zero-order chi connectivity index (χ0) is 14.5. The number of benzene rings is 1. The molecule has 0 saturated carbocycles. The molecule has 0 bridgehead atoms. The van der Waals surface area contributed by atoms with Crippen LogP contribution in [0.15, 0.2) is 30.3 Å². The lowest BCUT2D eigenvalue weighted by atomic mass is 10.1. The number of nitrogens with two attached hydrogens (primary N) is 1. The Bertz CT molecular complexity index is 613. The summed E-state index contributed by atoms with van der Waals surface area (Å²) < 4.78 is 5.92. The Balaban J connectivity index is 1.95. The van der Waals surface area contributed by atoms with Crippen molar-refractivity contribution in [1.29, 1.82) is 0 Å². The van der Waals surface area contributed by atoms with Crippen molar-refractivity contribution in [1.82, 2.24) is 5.32 Å². The number of hydrogen-bond donors (Lipinski definition) is 2. The predicted octanol–water partition coefficient (Wildman–Crippen LogP) is 2.96. The molecule has 1 heterocycles. The zero-order valence-corrected chi connectivity index (χ0v) is 12.6. The molecule has 0 aliphatic carbocycles. The molecule has 2 rings (SSSR count). The summed E-state index contributed by atoms with van der Waals surface area (Å²) in [5.41, 5.74) is 6.70. The van der Waals surface area contributed by atoms with E-state index < -0.39 is 0 Å². The summed E-state index contributed by atoms with van der Waals surface area (Å²) in [5.74, 6) is 0.297. The number of nitrogen functional groups attached to an aromatic ring is 1. The number of carbonyl (C=O) groups is 1. The van der Waals surface area contributed by atoms with Gasteiger partial charge in [0.1, 0.15) is 5.75 Å². The number of nitrogens with one attached hydrogen (secondary N) is 1. The first-order valence-electron chi connectivity index (χ1n) is 6.06. The van der Waals surface area contributed by atoms with E-state index in [2.05, 4.69) is 5.32 Å². The minimum absolute atomic E-state index is 0.176. The first-order chi connectivity index (χ1) is 9.60. The Morgan fingerprint density at radius 3 is 2.85 bits per heavy atom. The fourth-order valence-electron chi connectivity index (χ4n) is 1.78. The van der Waals surface area contributed by atoms with Crippen LogP contribution < -0.4 is 15.8 Å². The number of rotatable bonds is 5. The third-order valence-electron chi connectivity index (χ3n) is 2.76. The summed E-state index contributed by atoms with van der Waals surface area (Å²) in [5, 5.41) is 2.85. The minimum Gasteiger partial charge on any atom is -0.496 e. The minimum atomic E-state index is -0.176. The molecule has 4 nitrogen and oxygen atoms in total. The second-order valence-electron chi connectivity index (χ2n) is 4.17. The molecule has 1 aromatic carbocycles. The molecule has 1 amide bonds. The summed E-state index contributed by atoms with van der Waals surface area (Å²) in [7, 11) is 1.51. The molecule has 1 aromatic heterocycles. The van der Waals surface area contributed by atoms with Crippen LogP contribution in [0.3, 0.4) is 0 Å². The molecule has 0 saturated heterocycles. The molecule has 0 spiro atoms.